The molecule has 35 heavy (non-hydrogen) atoms. The number of nitrogens with two attached hydrogens (primary N) is 1. The van der Waals surface area contributed by atoms with Crippen molar-refractivity contribution in [1.82, 2.24) is 15.5 Å². The van der Waals surface area contributed by atoms with E-state index < -0.39 is 53.5 Å². The fourth-order valence-corrected chi connectivity index (χ4v) is 3.49. The number of benzene rings is 1. The van der Waals surface area contributed by atoms with Crippen molar-refractivity contribution in [3.63, 3.8) is 0 Å². The molecule has 1 aromatic carbocycles. The van der Waals surface area contributed by atoms with Gasteiger partial charge in [-0.3, -0.25) is 14.4 Å². The summed E-state index contributed by atoms with van der Waals surface area (Å²) in [6.45, 7) is 13.8. The highest BCUT2D eigenvalue weighted by atomic mass is 16.6. The summed E-state index contributed by atoms with van der Waals surface area (Å²) in [6, 6.07) is 4.07. The van der Waals surface area contributed by atoms with E-state index in [-0.39, 0.29) is 6.04 Å². The molecule has 4 N–H and O–H groups in total. The van der Waals surface area contributed by atoms with E-state index in [1.54, 1.807) is 79.7 Å². The fourth-order valence-electron chi connectivity index (χ4n) is 3.49. The summed E-state index contributed by atoms with van der Waals surface area (Å²) in [4.78, 5) is 53.1. The number of ether oxygens (including phenoxy) is 1. The Morgan fingerprint density at radius 1 is 1.06 bits per heavy atom. The number of amides is 4. The second kappa shape index (κ2) is 11.7. The molecule has 2 atom stereocenters. The van der Waals surface area contributed by atoms with Gasteiger partial charge in [-0.2, -0.15) is 0 Å². The van der Waals surface area contributed by atoms with Gasteiger partial charge in [0.05, 0.1) is 6.42 Å². The molecule has 2 unspecified atom stereocenters. The summed E-state index contributed by atoms with van der Waals surface area (Å²) in [6.07, 6.45) is 4.33. The van der Waals surface area contributed by atoms with E-state index in [2.05, 4.69) is 16.6 Å². The van der Waals surface area contributed by atoms with Crippen molar-refractivity contribution >= 4 is 23.8 Å². The van der Waals surface area contributed by atoms with Crippen LogP contribution in [0, 0.1) is 12.3 Å². The van der Waals surface area contributed by atoms with Gasteiger partial charge >= 0.3 is 6.09 Å². The van der Waals surface area contributed by atoms with Crippen molar-refractivity contribution < 1.29 is 23.9 Å². The molecule has 0 spiro atoms. The molecule has 1 rings (SSSR count). The van der Waals surface area contributed by atoms with Gasteiger partial charge in [0.25, 0.3) is 0 Å². The van der Waals surface area contributed by atoms with E-state index in [0.29, 0.717) is 11.1 Å². The van der Waals surface area contributed by atoms with Gasteiger partial charge in [-0.1, -0.05) is 24.1 Å². The number of primary amides is 1. The SMILES string of the molecule is C#Cc1ccccc1C(C(=O)NC(C)C)N(C(=O)C(CC(N)=O)NC(=O)OC(C)(C)C)C(C)(C)C. The molecule has 0 saturated heterocycles. The van der Waals surface area contributed by atoms with Gasteiger partial charge < -0.3 is 26.0 Å². The summed E-state index contributed by atoms with van der Waals surface area (Å²) in [7, 11) is 0. The number of hydrogen-bond acceptors (Lipinski definition) is 5. The Morgan fingerprint density at radius 2 is 1.63 bits per heavy atom. The van der Waals surface area contributed by atoms with Crippen LogP contribution in [0.25, 0.3) is 0 Å². The first-order valence-corrected chi connectivity index (χ1v) is 11.4. The molecule has 1 aromatic rings. The van der Waals surface area contributed by atoms with Crippen molar-refractivity contribution in [3.05, 3.63) is 35.4 Å². The summed E-state index contributed by atoms with van der Waals surface area (Å²) in [5.74, 6) is 0.622. The number of carbonyl (C=O) groups excluding carboxylic acids is 4. The van der Waals surface area contributed by atoms with Crippen LogP contribution in [-0.2, 0) is 19.1 Å². The molecular formula is C26H38N4O5. The van der Waals surface area contributed by atoms with Crippen molar-refractivity contribution in [2.45, 2.75) is 91.1 Å². The maximum atomic E-state index is 13.9. The molecule has 0 aromatic heterocycles. The van der Waals surface area contributed by atoms with Gasteiger partial charge in [0.15, 0.2) is 0 Å². The highest BCUT2D eigenvalue weighted by molar-refractivity contribution is 5.95. The van der Waals surface area contributed by atoms with Crippen LogP contribution in [0.15, 0.2) is 24.3 Å². The van der Waals surface area contributed by atoms with Gasteiger partial charge in [0.2, 0.25) is 17.7 Å². The highest BCUT2D eigenvalue weighted by Crippen LogP contribution is 2.32. The molecular weight excluding hydrogens is 448 g/mol. The third-order valence-corrected chi connectivity index (χ3v) is 4.70. The lowest BCUT2D eigenvalue weighted by molar-refractivity contribution is -0.149. The van der Waals surface area contributed by atoms with E-state index in [1.807, 2.05) is 0 Å². The minimum Gasteiger partial charge on any atom is -0.444 e. The average molecular weight is 487 g/mol. The maximum Gasteiger partial charge on any atom is 0.408 e. The van der Waals surface area contributed by atoms with Gasteiger partial charge in [-0.15, -0.1) is 6.42 Å². The summed E-state index contributed by atoms with van der Waals surface area (Å²) < 4.78 is 5.27. The average Bonchev–Trinajstić information content (AvgIpc) is 2.67. The Hall–Kier alpha value is -3.54. The number of rotatable bonds is 8. The second-order valence-electron chi connectivity index (χ2n) is 10.5. The molecule has 0 heterocycles. The van der Waals surface area contributed by atoms with Gasteiger partial charge in [0, 0.05) is 17.1 Å². The molecule has 0 aliphatic rings. The Labute approximate surface area is 208 Å². The number of nitrogens with zero attached hydrogens (tertiary/aromatic N) is 1. The fraction of sp³-hybridized carbons (Fsp3) is 0.538. The van der Waals surface area contributed by atoms with Crippen LogP contribution in [0.4, 0.5) is 4.79 Å². The van der Waals surface area contributed by atoms with Crippen LogP contribution in [-0.4, -0.2) is 51.9 Å². The minimum absolute atomic E-state index is 0.221. The number of carbonyl (C=O) groups is 4. The molecule has 0 saturated carbocycles. The van der Waals surface area contributed by atoms with Crippen molar-refractivity contribution in [2.75, 3.05) is 0 Å². The summed E-state index contributed by atoms with van der Waals surface area (Å²) in [5, 5.41) is 5.29. The third kappa shape index (κ3) is 8.96. The highest BCUT2D eigenvalue weighted by Gasteiger charge is 2.43. The Bertz CT molecular complexity index is 983. The standard InChI is InChI=1S/C26H38N4O5/c1-10-17-13-11-12-14-18(17)21(22(32)28-16(2)3)30(25(4,5)6)23(33)19(15-20(27)31)29-24(34)35-26(7,8)9/h1,11-14,16,19,21H,15H2,2-9H3,(H2,27,31)(H,28,32)(H,29,34). The first-order valence-electron chi connectivity index (χ1n) is 11.4. The number of terminal acetylenes is 1. The zero-order valence-electron chi connectivity index (χ0n) is 21.9. The van der Waals surface area contributed by atoms with Crippen molar-refractivity contribution in [3.8, 4) is 12.3 Å². The van der Waals surface area contributed by atoms with Gasteiger partial charge in [-0.25, -0.2) is 4.79 Å². The molecule has 192 valence electrons. The molecule has 0 aliphatic heterocycles. The van der Waals surface area contributed by atoms with Crippen LogP contribution < -0.4 is 16.4 Å². The predicted molar refractivity (Wildman–Crippen MR) is 134 cm³/mol. The predicted octanol–water partition coefficient (Wildman–Crippen LogP) is 2.63. The van der Waals surface area contributed by atoms with Gasteiger partial charge in [0.1, 0.15) is 17.7 Å². The Kier molecular flexibility index (Phi) is 9.89. The normalized spacial score (nSPS) is 13.3. The monoisotopic (exact) mass is 486 g/mol. The second-order valence-corrected chi connectivity index (χ2v) is 10.5. The van der Waals surface area contributed by atoms with Crippen molar-refractivity contribution in [2.24, 2.45) is 5.73 Å². The van der Waals surface area contributed by atoms with E-state index in [4.69, 9.17) is 16.9 Å². The van der Waals surface area contributed by atoms with Crippen LogP contribution in [0.5, 0.6) is 0 Å². The van der Waals surface area contributed by atoms with Crippen LogP contribution in [0.2, 0.25) is 0 Å². The largest absolute Gasteiger partial charge is 0.444 e. The zero-order valence-corrected chi connectivity index (χ0v) is 21.9. The van der Waals surface area contributed by atoms with E-state index in [0.717, 1.165) is 0 Å². The molecule has 0 aliphatic carbocycles. The van der Waals surface area contributed by atoms with E-state index >= 15 is 0 Å². The minimum atomic E-state index is -1.37. The van der Waals surface area contributed by atoms with E-state index in [1.165, 1.54) is 4.90 Å². The lowest BCUT2D eigenvalue weighted by Gasteiger charge is -2.43. The quantitative estimate of drug-likeness (QED) is 0.486. The topological polar surface area (TPSA) is 131 Å². The smallest absolute Gasteiger partial charge is 0.408 e. The number of hydrogen-bond donors (Lipinski definition) is 3. The third-order valence-electron chi connectivity index (χ3n) is 4.70. The first-order chi connectivity index (χ1) is 16.0. The molecule has 0 radical (unpaired) electrons. The lowest BCUT2D eigenvalue weighted by Crippen LogP contribution is -2.59. The molecule has 0 bridgehead atoms. The molecule has 9 heteroatoms. The van der Waals surface area contributed by atoms with Crippen LogP contribution in [0.1, 0.15) is 79.0 Å². The Morgan fingerprint density at radius 3 is 2.09 bits per heavy atom. The lowest BCUT2D eigenvalue weighted by atomic mass is 9.92. The van der Waals surface area contributed by atoms with E-state index in [9.17, 15) is 19.2 Å². The Balaban J connectivity index is 3.66. The molecule has 4 amide bonds. The van der Waals surface area contributed by atoms with Crippen LogP contribution >= 0.6 is 0 Å². The molecule has 0 fully saturated rings. The maximum absolute atomic E-state index is 13.9. The number of alkyl carbamates (subject to hydrolysis) is 1. The van der Waals surface area contributed by atoms with Crippen molar-refractivity contribution in [1.29, 1.82) is 0 Å². The zero-order chi connectivity index (χ0) is 27.1. The number of nitrogens with one attached hydrogen (secondary N) is 2. The molecule has 9 nitrogen and oxygen atoms in total. The van der Waals surface area contributed by atoms with Gasteiger partial charge in [-0.05, 0) is 67.0 Å². The van der Waals surface area contributed by atoms with Crippen LogP contribution in [0.3, 0.4) is 0 Å². The summed E-state index contributed by atoms with van der Waals surface area (Å²) >= 11 is 0. The first kappa shape index (κ1) is 29.5. The summed E-state index contributed by atoms with van der Waals surface area (Å²) in [5.41, 5.74) is 4.50.